The molecular weight excluding hydrogens is 226 g/mol. The van der Waals surface area contributed by atoms with Crippen LogP contribution in [-0.4, -0.2) is 14.7 Å². The Bertz CT molecular complexity index is 505. The van der Waals surface area contributed by atoms with E-state index >= 15 is 0 Å². The number of benzene rings is 1. The van der Waals surface area contributed by atoms with Crippen molar-refractivity contribution in [2.45, 2.75) is 33.0 Å². The largest absolute Gasteiger partial charge is 0.508 e. The van der Waals surface area contributed by atoms with Crippen LogP contribution in [0, 0.1) is 0 Å². The molecule has 4 nitrogen and oxygen atoms in total. The van der Waals surface area contributed by atoms with Crippen molar-refractivity contribution < 1.29 is 5.11 Å². The lowest BCUT2D eigenvalue weighted by molar-refractivity contribution is 0.463. The van der Waals surface area contributed by atoms with Crippen LogP contribution in [0.5, 0.6) is 5.75 Å². The monoisotopic (exact) mass is 245 g/mol. The highest BCUT2D eigenvalue weighted by molar-refractivity contribution is 5.31. The summed E-state index contributed by atoms with van der Waals surface area (Å²) >= 11 is 0. The van der Waals surface area contributed by atoms with E-state index in [-0.39, 0.29) is 0 Å². The summed E-state index contributed by atoms with van der Waals surface area (Å²) in [6.45, 7) is 5.66. The van der Waals surface area contributed by atoms with Crippen LogP contribution in [0.3, 0.4) is 0 Å². The highest BCUT2D eigenvalue weighted by atomic mass is 16.3. The first kappa shape index (κ1) is 12.6. The molecule has 1 aromatic heterocycles. The van der Waals surface area contributed by atoms with Gasteiger partial charge in [0.1, 0.15) is 5.75 Å². The summed E-state index contributed by atoms with van der Waals surface area (Å²) < 4.78 is 2.14. The van der Waals surface area contributed by atoms with Crippen molar-refractivity contribution in [1.29, 1.82) is 0 Å². The van der Waals surface area contributed by atoms with Gasteiger partial charge < -0.3 is 15.0 Å². The first-order valence-electron chi connectivity index (χ1n) is 6.16. The smallest absolute Gasteiger partial charge is 0.120 e. The third-order valence-electron chi connectivity index (χ3n) is 2.92. The first-order chi connectivity index (χ1) is 8.68. The van der Waals surface area contributed by atoms with E-state index in [4.69, 9.17) is 0 Å². The normalized spacial score (nSPS) is 11.1. The van der Waals surface area contributed by atoms with E-state index in [1.165, 1.54) is 0 Å². The second-order valence-electron chi connectivity index (χ2n) is 4.62. The fourth-order valence-electron chi connectivity index (χ4n) is 1.92. The Balaban J connectivity index is 1.93. The average Bonchev–Trinajstić information content (AvgIpc) is 2.80. The van der Waals surface area contributed by atoms with Gasteiger partial charge in [0.25, 0.3) is 0 Å². The molecule has 0 saturated carbocycles. The molecule has 1 heterocycles. The van der Waals surface area contributed by atoms with Crippen molar-refractivity contribution in [1.82, 2.24) is 14.9 Å². The average molecular weight is 245 g/mol. The molecule has 0 saturated heterocycles. The van der Waals surface area contributed by atoms with Gasteiger partial charge in [-0.2, -0.15) is 0 Å². The summed E-state index contributed by atoms with van der Waals surface area (Å²) in [5.74, 6) is 0.336. The molecule has 1 aromatic carbocycles. The number of phenolic OH excluding ortho intramolecular Hbond substituents is 1. The molecule has 0 aliphatic rings. The maximum absolute atomic E-state index is 9.65. The van der Waals surface area contributed by atoms with Gasteiger partial charge in [-0.1, -0.05) is 18.2 Å². The fraction of sp³-hybridized carbons (Fsp3) is 0.357. The van der Waals surface area contributed by atoms with Crippen molar-refractivity contribution in [3.8, 4) is 5.75 Å². The van der Waals surface area contributed by atoms with Crippen LogP contribution in [0.25, 0.3) is 0 Å². The maximum atomic E-state index is 9.65. The molecule has 0 amide bonds. The zero-order valence-corrected chi connectivity index (χ0v) is 10.8. The highest BCUT2D eigenvalue weighted by Crippen LogP contribution is 2.15. The predicted octanol–water partition coefficient (Wildman–Crippen LogP) is 2.46. The Morgan fingerprint density at radius 2 is 2.06 bits per heavy atom. The van der Waals surface area contributed by atoms with Gasteiger partial charge in [0.15, 0.2) is 0 Å². The second kappa shape index (κ2) is 5.69. The van der Waals surface area contributed by atoms with Crippen LogP contribution in [0.15, 0.2) is 36.8 Å². The third-order valence-corrected chi connectivity index (χ3v) is 2.92. The molecule has 0 unspecified atom stereocenters. The molecule has 96 valence electrons. The minimum absolute atomic E-state index is 0.336. The Kier molecular flexibility index (Phi) is 3.99. The van der Waals surface area contributed by atoms with Crippen LogP contribution in [-0.2, 0) is 13.1 Å². The van der Waals surface area contributed by atoms with Crippen molar-refractivity contribution >= 4 is 0 Å². The van der Waals surface area contributed by atoms with Crippen LogP contribution >= 0.6 is 0 Å². The van der Waals surface area contributed by atoms with E-state index in [1.807, 2.05) is 30.7 Å². The summed E-state index contributed by atoms with van der Waals surface area (Å²) in [5, 5.41) is 13.0. The zero-order chi connectivity index (χ0) is 13.0. The number of imidazole rings is 1. The molecule has 2 N–H and O–H groups in total. The van der Waals surface area contributed by atoms with Gasteiger partial charge >= 0.3 is 0 Å². The first-order valence-corrected chi connectivity index (χ1v) is 6.16. The number of para-hydroxylation sites is 1. The van der Waals surface area contributed by atoms with Gasteiger partial charge in [0.2, 0.25) is 0 Å². The van der Waals surface area contributed by atoms with Crippen molar-refractivity contribution in [2.75, 3.05) is 0 Å². The summed E-state index contributed by atoms with van der Waals surface area (Å²) in [5.41, 5.74) is 2.06. The number of hydrogen-bond donors (Lipinski definition) is 2. The molecule has 2 rings (SSSR count). The quantitative estimate of drug-likeness (QED) is 0.850. The second-order valence-corrected chi connectivity index (χ2v) is 4.62. The van der Waals surface area contributed by atoms with E-state index in [1.54, 1.807) is 6.07 Å². The Morgan fingerprint density at radius 3 is 2.78 bits per heavy atom. The number of phenols is 1. The van der Waals surface area contributed by atoms with Crippen LogP contribution in [0.2, 0.25) is 0 Å². The SMILES string of the molecule is CC(C)n1cncc1CNCc1ccccc1O. The molecule has 0 atom stereocenters. The predicted molar refractivity (Wildman–Crippen MR) is 71.3 cm³/mol. The lowest BCUT2D eigenvalue weighted by Crippen LogP contribution is -2.16. The summed E-state index contributed by atoms with van der Waals surface area (Å²) in [7, 11) is 0. The number of nitrogens with one attached hydrogen (secondary N) is 1. The van der Waals surface area contributed by atoms with Crippen molar-refractivity contribution in [3.05, 3.63) is 48.0 Å². The number of aromatic hydroxyl groups is 1. The zero-order valence-electron chi connectivity index (χ0n) is 10.8. The van der Waals surface area contributed by atoms with Crippen molar-refractivity contribution in [2.24, 2.45) is 0 Å². The number of aromatic nitrogens is 2. The number of hydrogen-bond acceptors (Lipinski definition) is 3. The summed E-state index contributed by atoms with van der Waals surface area (Å²) in [4.78, 5) is 4.16. The minimum atomic E-state index is 0.336. The minimum Gasteiger partial charge on any atom is -0.508 e. The van der Waals surface area contributed by atoms with Gasteiger partial charge in [-0.05, 0) is 19.9 Å². The molecular formula is C14H19N3O. The van der Waals surface area contributed by atoms with E-state index < -0.39 is 0 Å². The van der Waals surface area contributed by atoms with Gasteiger partial charge in [-0.15, -0.1) is 0 Å². The molecule has 0 fully saturated rings. The molecule has 0 bridgehead atoms. The van der Waals surface area contributed by atoms with E-state index in [0.717, 1.165) is 17.8 Å². The molecule has 4 heteroatoms. The number of rotatable bonds is 5. The summed E-state index contributed by atoms with van der Waals surface area (Å²) in [6.07, 6.45) is 3.72. The summed E-state index contributed by atoms with van der Waals surface area (Å²) in [6, 6.07) is 7.79. The Morgan fingerprint density at radius 1 is 1.28 bits per heavy atom. The lowest BCUT2D eigenvalue weighted by Gasteiger charge is -2.12. The third kappa shape index (κ3) is 2.90. The van der Waals surface area contributed by atoms with Gasteiger partial charge in [0.05, 0.1) is 12.0 Å². The van der Waals surface area contributed by atoms with E-state index in [9.17, 15) is 5.11 Å². The van der Waals surface area contributed by atoms with Crippen LogP contribution in [0.1, 0.15) is 31.1 Å². The van der Waals surface area contributed by atoms with E-state index in [2.05, 4.69) is 28.7 Å². The fourth-order valence-corrected chi connectivity index (χ4v) is 1.92. The van der Waals surface area contributed by atoms with Crippen LogP contribution < -0.4 is 5.32 Å². The highest BCUT2D eigenvalue weighted by Gasteiger charge is 2.05. The van der Waals surface area contributed by atoms with Gasteiger partial charge in [0, 0.05) is 30.9 Å². The van der Waals surface area contributed by atoms with Crippen molar-refractivity contribution in [3.63, 3.8) is 0 Å². The Hall–Kier alpha value is -1.81. The van der Waals surface area contributed by atoms with E-state index in [0.29, 0.717) is 18.3 Å². The standard InChI is InChI=1S/C14H19N3O/c1-11(2)17-10-16-9-13(17)8-15-7-12-5-3-4-6-14(12)18/h3-6,9-11,15,18H,7-8H2,1-2H3. The molecule has 18 heavy (non-hydrogen) atoms. The molecule has 0 spiro atoms. The van der Waals surface area contributed by atoms with Crippen LogP contribution in [0.4, 0.5) is 0 Å². The maximum Gasteiger partial charge on any atom is 0.120 e. The molecule has 0 aliphatic heterocycles. The molecule has 0 aliphatic carbocycles. The van der Waals surface area contributed by atoms with Gasteiger partial charge in [-0.25, -0.2) is 4.98 Å². The molecule has 0 radical (unpaired) electrons. The Labute approximate surface area is 107 Å². The molecule has 2 aromatic rings. The topological polar surface area (TPSA) is 50.1 Å². The number of nitrogens with zero attached hydrogens (tertiary/aromatic N) is 2. The van der Waals surface area contributed by atoms with Gasteiger partial charge in [-0.3, -0.25) is 0 Å². The lowest BCUT2D eigenvalue weighted by atomic mass is 10.2.